The van der Waals surface area contributed by atoms with Gasteiger partial charge in [-0.2, -0.15) is 0 Å². The first-order chi connectivity index (χ1) is 16.3. The molecule has 3 N–H and O–H groups in total. The molecule has 1 saturated heterocycles. The molecule has 8 heteroatoms. The number of fused-ring (bicyclic) bond motifs is 3. The minimum atomic E-state index is -1.33. The van der Waals surface area contributed by atoms with Crippen molar-refractivity contribution in [3.63, 3.8) is 0 Å². The molecular weight excluding hydrogens is 437 g/mol. The van der Waals surface area contributed by atoms with E-state index >= 15 is 0 Å². The molecule has 1 heterocycles. The number of primary amides is 1. The average Bonchev–Trinajstić information content (AvgIpc) is 3.38. The lowest BCUT2D eigenvalue weighted by Gasteiger charge is -2.30. The number of ether oxygens (including phenoxy) is 1. The van der Waals surface area contributed by atoms with Gasteiger partial charge in [-0.25, -0.2) is 9.18 Å². The van der Waals surface area contributed by atoms with Crippen molar-refractivity contribution in [2.75, 3.05) is 13.2 Å². The molecule has 1 aliphatic carbocycles. The zero-order valence-electron chi connectivity index (χ0n) is 19.4. The monoisotopic (exact) mass is 467 g/mol. The number of hydrogen-bond acceptors (Lipinski definition) is 4. The Kier molecular flexibility index (Phi) is 6.86. The van der Waals surface area contributed by atoms with Crippen LogP contribution in [0.15, 0.2) is 48.5 Å². The number of nitrogens with one attached hydrogen (secondary N) is 1. The molecule has 7 nitrogen and oxygen atoms in total. The molecule has 2 aromatic rings. The van der Waals surface area contributed by atoms with E-state index in [-0.39, 0.29) is 31.4 Å². The summed E-state index contributed by atoms with van der Waals surface area (Å²) in [6, 6.07) is 14.1. The molecule has 4 rings (SSSR count). The molecular formula is C26H30FN3O4. The highest BCUT2D eigenvalue weighted by Gasteiger charge is 2.42. The predicted octanol–water partition coefficient (Wildman–Crippen LogP) is 3.36. The van der Waals surface area contributed by atoms with E-state index in [4.69, 9.17) is 10.5 Å². The first kappa shape index (κ1) is 23.7. The number of likely N-dealkylation sites (tertiary alicyclic amines) is 1. The second-order valence-electron chi connectivity index (χ2n) is 9.07. The molecule has 0 radical (unpaired) electrons. The van der Waals surface area contributed by atoms with Crippen LogP contribution in [-0.4, -0.2) is 54.2 Å². The molecule has 0 spiro atoms. The Labute approximate surface area is 198 Å². The van der Waals surface area contributed by atoms with Crippen molar-refractivity contribution in [1.82, 2.24) is 10.2 Å². The lowest BCUT2D eigenvalue weighted by atomic mass is 9.97. The van der Waals surface area contributed by atoms with E-state index in [0.29, 0.717) is 6.42 Å². The van der Waals surface area contributed by atoms with Crippen LogP contribution in [0.25, 0.3) is 11.1 Å². The predicted molar refractivity (Wildman–Crippen MR) is 126 cm³/mol. The van der Waals surface area contributed by atoms with E-state index < -0.39 is 36.2 Å². The Morgan fingerprint density at radius 1 is 1.12 bits per heavy atom. The van der Waals surface area contributed by atoms with E-state index in [2.05, 4.69) is 17.4 Å². The molecule has 2 aromatic carbocycles. The van der Waals surface area contributed by atoms with Gasteiger partial charge in [0.15, 0.2) is 0 Å². The van der Waals surface area contributed by atoms with Gasteiger partial charge < -0.3 is 20.7 Å². The van der Waals surface area contributed by atoms with Crippen LogP contribution < -0.4 is 11.1 Å². The number of benzene rings is 2. The second-order valence-corrected chi connectivity index (χ2v) is 9.07. The first-order valence-corrected chi connectivity index (χ1v) is 11.7. The van der Waals surface area contributed by atoms with Gasteiger partial charge in [-0.15, -0.1) is 0 Å². The van der Waals surface area contributed by atoms with Crippen LogP contribution in [-0.2, 0) is 14.3 Å². The molecule has 1 aliphatic heterocycles. The molecule has 0 bridgehead atoms. The summed E-state index contributed by atoms with van der Waals surface area (Å²) in [6.45, 7) is 3.60. The summed E-state index contributed by atoms with van der Waals surface area (Å²) in [6.07, 6.45) is -1.59. The third-order valence-corrected chi connectivity index (χ3v) is 6.96. The smallest absolute Gasteiger partial charge is 0.407 e. The maximum atomic E-state index is 14.0. The van der Waals surface area contributed by atoms with Crippen molar-refractivity contribution < 1.29 is 23.5 Å². The molecule has 3 amide bonds. The molecule has 0 saturated carbocycles. The highest BCUT2D eigenvalue weighted by atomic mass is 19.1. The van der Waals surface area contributed by atoms with E-state index in [9.17, 15) is 18.8 Å². The van der Waals surface area contributed by atoms with Crippen molar-refractivity contribution in [1.29, 1.82) is 0 Å². The Balaban J connectivity index is 1.46. The maximum Gasteiger partial charge on any atom is 0.407 e. The topological polar surface area (TPSA) is 102 Å². The SMILES string of the molecule is CC[C@H](C)[C@H](NC(=O)OCC1c2ccccc2-c2ccccc21)C(=O)N1C[C@H](F)C[C@H]1C(N)=O. The largest absolute Gasteiger partial charge is 0.449 e. The Bertz CT molecular complexity index is 1050. The molecule has 0 unspecified atom stereocenters. The average molecular weight is 468 g/mol. The number of hydrogen-bond donors (Lipinski definition) is 2. The fraction of sp³-hybridized carbons (Fsp3) is 0.423. The zero-order valence-corrected chi connectivity index (χ0v) is 19.4. The van der Waals surface area contributed by atoms with Crippen molar-refractivity contribution in [3.8, 4) is 11.1 Å². The van der Waals surface area contributed by atoms with Gasteiger partial charge in [0, 0.05) is 12.3 Å². The zero-order chi connectivity index (χ0) is 24.4. The quantitative estimate of drug-likeness (QED) is 0.652. The van der Waals surface area contributed by atoms with Gasteiger partial charge in [-0.1, -0.05) is 68.8 Å². The van der Waals surface area contributed by atoms with Crippen LogP contribution in [0.5, 0.6) is 0 Å². The Hall–Kier alpha value is -3.42. The summed E-state index contributed by atoms with van der Waals surface area (Å²) in [4.78, 5) is 38.9. The Morgan fingerprint density at radius 3 is 2.26 bits per heavy atom. The van der Waals surface area contributed by atoms with E-state index in [0.717, 1.165) is 27.2 Å². The number of alkyl carbamates (subject to hydrolysis) is 1. The number of carbonyl (C=O) groups excluding carboxylic acids is 3. The van der Waals surface area contributed by atoms with Crippen LogP contribution in [0, 0.1) is 5.92 Å². The van der Waals surface area contributed by atoms with E-state index in [1.807, 2.05) is 50.2 Å². The van der Waals surface area contributed by atoms with Crippen LogP contribution in [0.2, 0.25) is 0 Å². The normalized spacial score (nSPS) is 20.9. The minimum absolute atomic E-state index is 0.110. The molecule has 0 aromatic heterocycles. The van der Waals surface area contributed by atoms with Gasteiger partial charge in [-0.3, -0.25) is 9.59 Å². The summed E-state index contributed by atoms with van der Waals surface area (Å²) >= 11 is 0. The number of amides is 3. The third kappa shape index (κ3) is 4.49. The number of nitrogens with zero attached hydrogens (tertiary/aromatic N) is 1. The molecule has 34 heavy (non-hydrogen) atoms. The van der Waals surface area contributed by atoms with Gasteiger partial charge in [-0.05, 0) is 28.2 Å². The number of alkyl halides is 1. The molecule has 2 aliphatic rings. The number of rotatable bonds is 7. The summed E-state index contributed by atoms with van der Waals surface area (Å²) in [5.74, 6) is -1.63. The van der Waals surface area contributed by atoms with Gasteiger partial charge in [0.1, 0.15) is 24.9 Å². The third-order valence-electron chi connectivity index (χ3n) is 6.96. The van der Waals surface area contributed by atoms with Gasteiger partial charge in [0.25, 0.3) is 0 Å². The lowest BCUT2D eigenvalue weighted by molar-refractivity contribution is -0.140. The highest BCUT2D eigenvalue weighted by molar-refractivity contribution is 5.91. The van der Waals surface area contributed by atoms with Crippen LogP contribution >= 0.6 is 0 Å². The van der Waals surface area contributed by atoms with Gasteiger partial charge in [0.2, 0.25) is 11.8 Å². The minimum Gasteiger partial charge on any atom is -0.449 e. The second kappa shape index (κ2) is 9.83. The first-order valence-electron chi connectivity index (χ1n) is 11.7. The Morgan fingerprint density at radius 2 is 1.71 bits per heavy atom. The van der Waals surface area contributed by atoms with Gasteiger partial charge >= 0.3 is 6.09 Å². The van der Waals surface area contributed by atoms with E-state index in [1.165, 1.54) is 0 Å². The molecule has 1 fully saturated rings. The van der Waals surface area contributed by atoms with Crippen LogP contribution in [0.1, 0.15) is 43.7 Å². The molecule has 4 atom stereocenters. The lowest BCUT2D eigenvalue weighted by Crippen LogP contribution is -2.55. The highest BCUT2D eigenvalue weighted by Crippen LogP contribution is 2.44. The van der Waals surface area contributed by atoms with Crippen molar-refractivity contribution in [3.05, 3.63) is 59.7 Å². The number of nitrogens with two attached hydrogens (primary N) is 1. The fourth-order valence-electron chi connectivity index (χ4n) is 4.93. The van der Waals surface area contributed by atoms with Crippen molar-refractivity contribution in [2.24, 2.45) is 11.7 Å². The summed E-state index contributed by atoms with van der Waals surface area (Å²) in [5, 5.41) is 2.66. The maximum absolute atomic E-state index is 14.0. The summed E-state index contributed by atoms with van der Waals surface area (Å²) in [5.41, 5.74) is 9.79. The van der Waals surface area contributed by atoms with Crippen molar-refractivity contribution in [2.45, 2.75) is 50.9 Å². The number of carbonyl (C=O) groups is 3. The van der Waals surface area contributed by atoms with Crippen LogP contribution in [0.4, 0.5) is 9.18 Å². The van der Waals surface area contributed by atoms with Gasteiger partial charge in [0.05, 0.1) is 6.54 Å². The van der Waals surface area contributed by atoms with Crippen molar-refractivity contribution >= 4 is 17.9 Å². The summed E-state index contributed by atoms with van der Waals surface area (Å²) in [7, 11) is 0. The van der Waals surface area contributed by atoms with E-state index in [1.54, 1.807) is 0 Å². The fourth-order valence-corrected chi connectivity index (χ4v) is 4.93. The molecule has 180 valence electrons. The van der Waals surface area contributed by atoms with Crippen LogP contribution in [0.3, 0.4) is 0 Å². The number of halogens is 1. The summed E-state index contributed by atoms with van der Waals surface area (Å²) < 4.78 is 19.6. The standard InChI is InChI=1S/C26H30FN3O4/c1-3-15(2)23(25(32)30-13-16(27)12-22(30)24(28)31)29-26(33)34-14-21-19-10-6-4-8-17(19)18-9-5-7-11-20(18)21/h4-11,15-16,21-23H,3,12-14H2,1-2H3,(H2,28,31)(H,29,33)/t15-,16+,22-,23-/m0/s1.